The van der Waals surface area contributed by atoms with Gasteiger partial charge in [0.25, 0.3) is 0 Å². The van der Waals surface area contributed by atoms with Gasteiger partial charge in [-0.1, -0.05) is 6.07 Å². The van der Waals surface area contributed by atoms with Gasteiger partial charge in [0.05, 0.1) is 11.7 Å². The van der Waals surface area contributed by atoms with Crippen molar-refractivity contribution in [3.63, 3.8) is 0 Å². The molecule has 0 amide bonds. The van der Waals surface area contributed by atoms with Crippen LogP contribution in [-0.2, 0) is 4.74 Å². The van der Waals surface area contributed by atoms with E-state index in [9.17, 15) is 9.18 Å². The maximum absolute atomic E-state index is 13.2. The second-order valence-corrected chi connectivity index (χ2v) is 3.82. The largest absolute Gasteiger partial charge is 0.459 e. The van der Waals surface area contributed by atoms with Gasteiger partial charge < -0.3 is 4.74 Å². The molecule has 1 aromatic carbocycles. The molecule has 2 nitrogen and oxygen atoms in total. The van der Waals surface area contributed by atoms with Gasteiger partial charge in [0, 0.05) is 0 Å². The first-order chi connectivity index (χ1) is 6.93. The van der Waals surface area contributed by atoms with Crippen molar-refractivity contribution in [1.29, 1.82) is 0 Å². The standard InChI is InChI=1S/C12H15FO2/c1-7(2)15-12(14)11-8(3)5-6-10(13)9(11)4/h5-7H,1-4H3. The molecule has 0 aliphatic heterocycles. The summed E-state index contributed by atoms with van der Waals surface area (Å²) in [5, 5.41) is 0. The summed E-state index contributed by atoms with van der Waals surface area (Å²) in [5.41, 5.74) is 1.42. The lowest BCUT2D eigenvalue weighted by Crippen LogP contribution is -2.14. The summed E-state index contributed by atoms with van der Waals surface area (Å²) in [6, 6.07) is 2.94. The Morgan fingerprint density at radius 2 is 1.93 bits per heavy atom. The molecule has 0 unspecified atom stereocenters. The van der Waals surface area contributed by atoms with Crippen molar-refractivity contribution >= 4 is 5.97 Å². The fourth-order valence-corrected chi connectivity index (χ4v) is 1.41. The summed E-state index contributed by atoms with van der Waals surface area (Å²) in [6.45, 7) is 6.88. The molecule has 1 aromatic rings. The van der Waals surface area contributed by atoms with Crippen LogP contribution < -0.4 is 0 Å². The summed E-state index contributed by atoms with van der Waals surface area (Å²) in [7, 11) is 0. The highest BCUT2D eigenvalue weighted by atomic mass is 19.1. The second kappa shape index (κ2) is 4.43. The number of carbonyl (C=O) groups excluding carboxylic acids is 1. The van der Waals surface area contributed by atoms with Crippen LogP contribution >= 0.6 is 0 Å². The predicted molar refractivity (Wildman–Crippen MR) is 56.4 cm³/mol. The number of carbonyl (C=O) groups is 1. The summed E-state index contributed by atoms with van der Waals surface area (Å²) in [4.78, 5) is 11.7. The molecule has 0 spiro atoms. The fourth-order valence-electron chi connectivity index (χ4n) is 1.41. The van der Waals surface area contributed by atoms with Crippen LogP contribution in [0, 0.1) is 19.7 Å². The fraction of sp³-hybridized carbons (Fsp3) is 0.417. The van der Waals surface area contributed by atoms with E-state index in [1.165, 1.54) is 6.07 Å². The summed E-state index contributed by atoms with van der Waals surface area (Å²) in [5.74, 6) is -0.837. The number of rotatable bonds is 2. The van der Waals surface area contributed by atoms with Gasteiger partial charge in [0.2, 0.25) is 0 Å². The number of hydrogen-bond acceptors (Lipinski definition) is 2. The number of halogens is 1. The van der Waals surface area contributed by atoms with Crippen LogP contribution in [0.15, 0.2) is 12.1 Å². The van der Waals surface area contributed by atoms with Crippen molar-refractivity contribution in [3.05, 3.63) is 34.6 Å². The van der Waals surface area contributed by atoms with Gasteiger partial charge in [0.1, 0.15) is 5.82 Å². The summed E-state index contributed by atoms with van der Waals surface area (Å²) in [6.07, 6.45) is -0.195. The lowest BCUT2D eigenvalue weighted by molar-refractivity contribution is 0.0375. The van der Waals surface area contributed by atoms with Gasteiger partial charge in [0.15, 0.2) is 0 Å². The minimum absolute atomic E-state index is 0.195. The highest BCUT2D eigenvalue weighted by Crippen LogP contribution is 2.18. The molecule has 82 valence electrons. The van der Waals surface area contributed by atoms with Gasteiger partial charge in [-0.25, -0.2) is 9.18 Å². The van der Waals surface area contributed by atoms with Gasteiger partial charge in [-0.3, -0.25) is 0 Å². The molecule has 3 heteroatoms. The van der Waals surface area contributed by atoms with Crippen LogP contribution in [0.25, 0.3) is 0 Å². The van der Waals surface area contributed by atoms with Gasteiger partial charge >= 0.3 is 5.97 Å². The van der Waals surface area contributed by atoms with Crippen molar-refractivity contribution in [3.8, 4) is 0 Å². The van der Waals surface area contributed by atoms with Crippen LogP contribution in [0.2, 0.25) is 0 Å². The first-order valence-electron chi connectivity index (χ1n) is 4.90. The maximum atomic E-state index is 13.2. The summed E-state index contributed by atoms with van der Waals surface area (Å²) < 4.78 is 18.3. The zero-order chi connectivity index (χ0) is 11.6. The first-order valence-corrected chi connectivity index (χ1v) is 4.90. The van der Waals surface area contributed by atoms with Crippen molar-refractivity contribution in [2.24, 2.45) is 0 Å². The molecule has 0 aliphatic rings. The third-order valence-electron chi connectivity index (χ3n) is 2.15. The van der Waals surface area contributed by atoms with Gasteiger partial charge in [-0.2, -0.15) is 0 Å². The SMILES string of the molecule is Cc1ccc(F)c(C)c1C(=O)OC(C)C. The predicted octanol–water partition coefficient (Wildman–Crippen LogP) is 3.01. The molecular formula is C12H15FO2. The highest BCUT2D eigenvalue weighted by molar-refractivity contribution is 5.92. The Bertz CT molecular complexity index is 383. The van der Waals surface area contributed by atoms with E-state index in [1.807, 2.05) is 0 Å². The molecule has 0 bridgehead atoms. The van der Waals surface area contributed by atoms with Crippen LogP contribution in [0.1, 0.15) is 35.3 Å². The lowest BCUT2D eigenvalue weighted by atomic mass is 10.0. The molecule has 0 fully saturated rings. The number of ether oxygens (including phenoxy) is 1. The van der Waals surface area contributed by atoms with E-state index in [2.05, 4.69) is 0 Å². The molecule has 0 N–H and O–H groups in total. The monoisotopic (exact) mass is 210 g/mol. The molecule has 0 atom stereocenters. The van der Waals surface area contributed by atoms with Crippen LogP contribution in [0.4, 0.5) is 4.39 Å². The average Bonchev–Trinajstić information content (AvgIpc) is 2.11. The van der Waals surface area contributed by atoms with Gasteiger partial charge in [-0.05, 0) is 44.9 Å². The topological polar surface area (TPSA) is 26.3 Å². The zero-order valence-corrected chi connectivity index (χ0v) is 9.43. The zero-order valence-electron chi connectivity index (χ0n) is 9.43. The summed E-state index contributed by atoms with van der Waals surface area (Å²) >= 11 is 0. The minimum atomic E-state index is -0.459. The Morgan fingerprint density at radius 3 is 2.47 bits per heavy atom. The molecule has 0 heterocycles. The average molecular weight is 210 g/mol. The lowest BCUT2D eigenvalue weighted by Gasteiger charge is -2.12. The van der Waals surface area contributed by atoms with E-state index < -0.39 is 5.97 Å². The first kappa shape index (κ1) is 11.7. The third kappa shape index (κ3) is 2.55. The second-order valence-electron chi connectivity index (χ2n) is 3.82. The van der Waals surface area contributed by atoms with Crippen molar-refractivity contribution in [2.75, 3.05) is 0 Å². The van der Waals surface area contributed by atoms with E-state index in [0.717, 1.165) is 5.56 Å². The number of esters is 1. The molecule has 15 heavy (non-hydrogen) atoms. The van der Waals surface area contributed by atoms with E-state index >= 15 is 0 Å². The van der Waals surface area contributed by atoms with E-state index in [4.69, 9.17) is 4.74 Å². The minimum Gasteiger partial charge on any atom is -0.459 e. The Balaban J connectivity index is 3.13. The van der Waals surface area contributed by atoms with Crippen LogP contribution in [0.5, 0.6) is 0 Å². The molecule has 0 radical (unpaired) electrons. The molecule has 0 saturated carbocycles. The number of benzene rings is 1. The van der Waals surface area contributed by atoms with E-state index in [0.29, 0.717) is 11.1 Å². The van der Waals surface area contributed by atoms with Crippen LogP contribution in [0.3, 0.4) is 0 Å². The quantitative estimate of drug-likeness (QED) is 0.701. The molecule has 0 saturated heterocycles. The Kier molecular flexibility index (Phi) is 3.45. The number of hydrogen-bond donors (Lipinski definition) is 0. The Morgan fingerprint density at radius 1 is 1.33 bits per heavy atom. The van der Waals surface area contributed by atoms with E-state index in [-0.39, 0.29) is 11.9 Å². The highest BCUT2D eigenvalue weighted by Gasteiger charge is 2.17. The third-order valence-corrected chi connectivity index (χ3v) is 2.15. The molecule has 0 aliphatic carbocycles. The van der Waals surface area contributed by atoms with Crippen molar-refractivity contribution in [1.82, 2.24) is 0 Å². The Hall–Kier alpha value is -1.38. The van der Waals surface area contributed by atoms with Crippen molar-refractivity contribution < 1.29 is 13.9 Å². The Labute approximate surface area is 89.1 Å². The molecular weight excluding hydrogens is 195 g/mol. The van der Waals surface area contributed by atoms with Crippen molar-refractivity contribution in [2.45, 2.75) is 33.8 Å². The molecule has 1 rings (SSSR count). The normalized spacial score (nSPS) is 10.5. The van der Waals surface area contributed by atoms with Gasteiger partial charge in [-0.15, -0.1) is 0 Å². The molecule has 0 aromatic heterocycles. The number of aryl methyl sites for hydroxylation is 1. The maximum Gasteiger partial charge on any atom is 0.339 e. The smallest absolute Gasteiger partial charge is 0.339 e. The van der Waals surface area contributed by atoms with E-state index in [1.54, 1.807) is 33.8 Å². The van der Waals surface area contributed by atoms with Crippen LogP contribution in [-0.4, -0.2) is 12.1 Å².